The van der Waals surface area contributed by atoms with Gasteiger partial charge in [0.05, 0.1) is 12.1 Å². The molecule has 4 aromatic rings. The molecule has 0 spiro atoms. The van der Waals surface area contributed by atoms with Crippen molar-refractivity contribution in [3.63, 3.8) is 0 Å². The highest BCUT2D eigenvalue weighted by atomic mass is 79.9. The molecule has 1 saturated heterocycles. The topological polar surface area (TPSA) is 85.7 Å². The molecule has 8 nitrogen and oxygen atoms in total. The quantitative estimate of drug-likeness (QED) is 0.412. The van der Waals surface area contributed by atoms with Gasteiger partial charge in [-0.1, -0.05) is 17.3 Å². The largest absolute Gasteiger partial charge is 0.368 e. The third-order valence-electron chi connectivity index (χ3n) is 6.91. The maximum absolute atomic E-state index is 13.3. The average molecular weight is 552 g/mol. The Morgan fingerprint density at radius 3 is 2.50 bits per heavy atom. The smallest absolute Gasteiger partial charge is 0.276 e. The summed E-state index contributed by atoms with van der Waals surface area (Å²) < 4.78 is 19.6. The van der Waals surface area contributed by atoms with Gasteiger partial charge in [0, 0.05) is 60.3 Å². The first kappa shape index (κ1) is 22.8. The summed E-state index contributed by atoms with van der Waals surface area (Å²) in [6.45, 7) is 3.07. The van der Waals surface area contributed by atoms with Crippen molar-refractivity contribution < 1.29 is 18.5 Å². The molecule has 0 saturated carbocycles. The summed E-state index contributed by atoms with van der Waals surface area (Å²) in [5.41, 5.74) is 3.26. The van der Waals surface area contributed by atoms with E-state index in [4.69, 9.17) is 4.52 Å². The first-order valence-electron chi connectivity index (χ1n) is 11.8. The maximum Gasteiger partial charge on any atom is 0.276 e. The lowest BCUT2D eigenvalue weighted by Crippen LogP contribution is -2.49. The molecule has 1 fully saturated rings. The van der Waals surface area contributed by atoms with Crippen molar-refractivity contribution in [2.75, 3.05) is 37.6 Å². The number of nitrogens with one attached hydrogen (secondary N) is 1. The number of halogens is 2. The van der Waals surface area contributed by atoms with Crippen molar-refractivity contribution in [1.29, 1.82) is 0 Å². The number of carbonyl (C=O) groups is 2. The van der Waals surface area contributed by atoms with Gasteiger partial charge in [0.15, 0.2) is 5.69 Å². The van der Waals surface area contributed by atoms with Gasteiger partial charge in [-0.2, -0.15) is 0 Å². The number of nitrogens with zero attached hydrogens (tertiary/aromatic N) is 4. The molecule has 0 radical (unpaired) electrons. The molecule has 0 atom stereocenters. The van der Waals surface area contributed by atoms with Gasteiger partial charge in [-0.25, -0.2) is 4.39 Å². The molecule has 0 aliphatic carbocycles. The number of fused-ring (bicyclic) bond motifs is 2. The zero-order valence-corrected chi connectivity index (χ0v) is 20.9. The van der Waals surface area contributed by atoms with Crippen molar-refractivity contribution in [2.45, 2.75) is 13.0 Å². The van der Waals surface area contributed by atoms with E-state index in [2.05, 4.69) is 31.0 Å². The van der Waals surface area contributed by atoms with Crippen molar-refractivity contribution in [3.05, 3.63) is 81.5 Å². The number of aromatic amines is 1. The van der Waals surface area contributed by atoms with E-state index in [1.807, 2.05) is 24.3 Å². The van der Waals surface area contributed by atoms with Crippen LogP contribution in [0.4, 0.5) is 10.1 Å². The molecule has 6 rings (SSSR count). The van der Waals surface area contributed by atoms with Crippen molar-refractivity contribution in [3.8, 4) is 0 Å². The summed E-state index contributed by atoms with van der Waals surface area (Å²) in [4.78, 5) is 35.5. The lowest BCUT2D eigenvalue weighted by Gasteiger charge is -2.36. The summed E-state index contributed by atoms with van der Waals surface area (Å²) in [6.07, 6.45) is 0.504. The molecule has 1 N–H and O–H groups in total. The van der Waals surface area contributed by atoms with Crippen LogP contribution < -0.4 is 4.90 Å². The van der Waals surface area contributed by atoms with Gasteiger partial charge in [0.25, 0.3) is 11.8 Å². The molecule has 0 bridgehead atoms. The number of piperazine rings is 1. The minimum absolute atomic E-state index is 0.128. The monoisotopic (exact) mass is 551 g/mol. The minimum atomic E-state index is -0.270. The average Bonchev–Trinajstić information content (AvgIpc) is 3.53. The normalized spacial score (nSPS) is 15.9. The van der Waals surface area contributed by atoms with Crippen LogP contribution >= 0.6 is 15.9 Å². The molecular weight excluding hydrogens is 529 g/mol. The number of anilines is 1. The van der Waals surface area contributed by atoms with Crippen LogP contribution in [-0.4, -0.2) is 64.5 Å². The highest BCUT2D eigenvalue weighted by Crippen LogP contribution is 2.28. The molecule has 36 heavy (non-hydrogen) atoms. The van der Waals surface area contributed by atoms with Gasteiger partial charge >= 0.3 is 0 Å². The van der Waals surface area contributed by atoms with Crippen LogP contribution in [0.5, 0.6) is 0 Å². The number of hydrogen-bond donors (Lipinski definition) is 1. The number of rotatable bonds is 3. The number of benzene rings is 2. The van der Waals surface area contributed by atoms with E-state index >= 15 is 0 Å². The fraction of sp³-hybridized carbons (Fsp3) is 0.269. The summed E-state index contributed by atoms with van der Waals surface area (Å²) in [7, 11) is 0. The van der Waals surface area contributed by atoms with E-state index < -0.39 is 0 Å². The molecule has 4 heterocycles. The predicted molar refractivity (Wildman–Crippen MR) is 135 cm³/mol. The molecule has 0 unspecified atom stereocenters. The van der Waals surface area contributed by atoms with E-state index in [1.165, 1.54) is 12.1 Å². The summed E-state index contributed by atoms with van der Waals surface area (Å²) >= 11 is 3.52. The lowest BCUT2D eigenvalue weighted by molar-refractivity contribution is 0.0706. The number of hydrogen-bond acceptors (Lipinski definition) is 5. The third kappa shape index (κ3) is 4.05. The van der Waals surface area contributed by atoms with Gasteiger partial charge in [0.2, 0.25) is 0 Å². The fourth-order valence-electron chi connectivity index (χ4n) is 4.92. The predicted octanol–water partition coefficient (Wildman–Crippen LogP) is 4.22. The third-order valence-corrected chi connectivity index (χ3v) is 7.57. The fourth-order valence-corrected chi connectivity index (χ4v) is 5.41. The Hall–Kier alpha value is -3.66. The van der Waals surface area contributed by atoms with Crippen LogP contribution in [0.25, 0.3) is 10.9 Å². The SMILES string of the molecule is O=C(c1cc2cccc(Br)c2[nH]1)N1CCc2onc(C(=O)N3CCN(c4ccc(F)cc4)CC3)c2C1. The van der Waals surface area contributed by atoms with Gasteiger partial charge in [0.1, 0.15) is 17.3 Å². The van der Waals surface area contributed by atoms with Gasteiger partial charge in [-0.3, -0.25) is 9.59 Å². The number of para-hydroxylation sites is 1. The molecular formula is C26H23BrFN5O3. The Kier molecular flexibility index (Phi) is 5.75. The zero-order valence-electron chi connectivity index (χ0n) is 19.3. The molecule has 2 amide bonds. The lowest BCUT2D eigenvalue weighted by atomic mass is 10.0. The van der Waals surface area contributed by atoms with Crippen LogP contribution in [0.15, 0.2) is 57.5 Å². The second kappa shape index (κ2) is 9.09. The minimum Gasteiger partial charge on any atom is -0.368 e. The van der Waals surface area contributed by atoms with E-state index in [0.29, 0.717) is 56.2 Å². The van der Waals surface area contributed by atoms with E-state index in [1.54, 1.807) is 21.9 Å². The number of carbonyl (C=O) groups excluding carboxylic acids is 2. The Balaban J connectivity index is 1.16. The van der Waals surface area contributed by atoms with Crippen molar-refractivity contribution in [2.24, 2.45) is 0 Å². The Morgan fingerprint density at radius 1 is 0.972 bits per heavy atom. The molecule has 2 aromatic heterocycles. The zero-order chi connectivity index (χ0) is 24.8. The van der Waals surface area contributed by atoms with Crippen molar-refractivity contribution >= 4 is 44.3 Å². The Labute approximate surface area is 214 Å². The van der Waals surface area contributed by atoms with Gasteiger partial charge < -0.3 is 24.2 Å². The van der Waals surface area contributed by atoms with Gasteiger partial charge in [-0.05, 0) is 52.3 Å². The molecule has 2 aromatic carbocycles. The molecule has 2 aliphatic rings. The Bertz CT molecular complexity index is 1460. The second-order valence-corrected chi connectivity index (χ2v) is 9.91. The summed E-state index contributed by atoms with van der Waals surface area (Å²) in [5.74, 6) is 0.0684. The van der Waals surface area contributed by atoms with Crippen LogP contribution in [0.2, 0.25) is 0 Å². The highest BCUT2D eigenvalue weighted by molar-refractivity contribution is 9.10. The second-order valence-electron chi connectivity index (χ2n) is 9.05. The maximum atomic E-state index is 13.3. The summed E-state index contributed by atoms with van der Waals surface area (Å²) in [5, 5.41) is 5.05. The molecule has 10 heteroatoms. The van der Waals surface area contributed by atoms with Crippen LogP contribution in [0.3, 0.4) is 0 Å². The van der Waals surface area contributed by atoms with E-state index in [9.17, 15) is 14.0 Å². The van der Waals surface area contributed by atoms with Crippen molar-refractivity contribution in [1.82, 2.24) is 19.9 Å². The van der Waals surface area contributed by atoms with Gasteiger partial charge in [-0.15, -0.1) is 0 Å². The van der Waals surface area contributed by atoms with Crippen LogP contribution in [0, 0.1) is 5.82 Å². The van der Waals surface area contributed by atoms with Crippen LogP contribution in [0.1, 0.15) is 32.3 Å². The standard InChI is InChI=1S/C26H23BrFN5O3/c27-20-3-1-2-16-14-21(29-23(16)20)25(34)33-9-8-22-19(15-33)24(30-36-22)26(35)32-12-10-31(11-13-32)18-6-4-17(28)5-7-18/h1-7,14,29H,8-13,15H2. The number of H-pyrrole nitrogens is 1. The first-order chi connectivity index (χ1) is 17.5. The number of amides is 2. The first-order valence-corrected chi connectivity index (χ1v) is 12.6. The molecule has 184 valence electrons. The highest BCUT2D eigenvalue weighted by Gasteiger charge is 2.33. The number of aromatic nitrogens is 2. The van der Waals surface area contributed by atoms with Crippen LogP contribution in [-0.2, 0) is 13.0 Å². The Morgan fingerprint density at radius 2 is 1.75 bits per heavy atom. The summed E-state index contributed by atoms with van der Waals surface area (Å²) in [6, 6.07) is 14.0. The molecule has 2 aliphatic heterocycles. The van der Waals surface area contributed by atoms with E-state index in [0.717, 1.165) is 21.1 Å². The van der Waals surface area contributed by atoms with E-state index in [-0.39, 0.29) is 29.9 Å².